The van der Waals surface area contributed by atoms with E-state index in [1.54, 1.807) is 0 Å². The smallest absolute Gasteiger partial charge is 0.223 e. The van der Waals surface area contributed by atoms with Crippen LogP contribution < -0.4 is 0 Å². The first-order chi connectivity index (χ1) is 13.7. The number of aromatic amines is 1. The normalized spacial score (nSPS) is 19.5. The highest BCUT2D eigenvalue weighted by Gasteiger charge is 2.29. The number of hydrogen-bond donors (Lipinski definition) is 1. The van der Waals surface area contributed by atoms with E-state index in [0.29, 0.717) is 25.9 Å². The predicted octanol–water partition coefficient (Wildman–Crippen LogP) is 4.60. The van der Waals surface area contributed by atoms with Crippen molar-refractivity contribution in [3.8, 4) is 11.3 Å². The highest BCUT2D eigenvalue weighted by molar-refractivity contribution is 5.76. The molecule has 4 heteroatoms. The third kappa shape index (κ3) is 4.34. The van der Waals surface area contributed by atoms with Crippen molar-refractivity contribution >= 4 is 5.91 Å². The number of amides is 1. The summed E-state index contributed by atoms with van der Waals surface area (Å²) in [6.07, 6.45) is 1.21. The Kier molecular flexibility index (Phi) is 5.58. The number of nitrogens with zero attached hydrogens (tertiary/aromatic N) is 1. The first-order valence-corrected chi connectivity index (χ1v) is 9.90. The number of nitrogens with one attached hydrogen (secondary N) is 1. The van der Waals surface area contributed by atoms with Gasteiger partial charge in [-0.15, -0.1) is 0 Å². The Bertz CT molecular complexity index is 905. The number of H-pyrrole nitrogens is 1. The molecule has 2 atom stereocenters. The molecule has 1 saturated heterocycles. The lowest BCUT2D eigenvalue weighted by molar-refractivity contribution is -0.144. The van der Waals surface area contributed by atoms with E-state index in [1.165, 1.54) is 0 Å². The molecular weight excluding hydrogens is 348 g/mol. The lowest BCUT2D eigenvalue weighted by Gasteiger charge is -2.37. The van der Waals surface area contributed by atoms with Crippen LogP contribution in [0.5, 0.6) is 0 Å². The number of ether oxygens (including phenoxy) is 1. The van der Waals surface area contributed by atoms with Crippen molar-refractivity contribution in [3.63, 3.8) is 0 Å². The van der Waals surface area contributed by atoms with E-state index in [9.17, 15) is 4.79 Å². The average molecular weight is 374 g/mol. The lowest BCUT2D eigenvalue weighted by Crippen LogP contribution is -2.46. The number of aryl methyl sites for hydroxylation is 1. The van der Waals surface area contributed by atoms with Crippen LogP contribution in [0.15, 0.2) is 72.8 Å². The van der Waals surface area contributed by atoms with Crippen molar-refractivity contribution in [3.05, 3.63) is 84.1 Å². The molecule has 2 aromatic carbocycles. The van der Waals surface area contributed by atoms with Gasteiger partial charge in [-0.3, -0.25) is 4.79 Å². The molecule has 0 aliphatic carbocycles. The lowest BCUT2D eigenvalue weighted by atomic mass is 10.1. The van der Waals surface area contributed by atoms with Crippen molar-refractivity contribution < 1.29 is 9.53 Å². The second kappa shape index (κ2) is 8.44. The fourth-order valence-electron chi connectivity index (χ4n) is 3.78. The summed E-state index contributed by atoms with van der Waals surface area (Å²) in [4.78, 5) is 18.2. The SMILES string of the molecule is C[C@@H]1CN(C(=O)CCc2ccc(-c3ccccc3)[nH]2)C[C@@H](c2ccccc2)O1. The molecule has 4 rings (SSSR count). The second-order valence-electron chi connectivity index (χ2n) is 7.41. The first kappa shape index (κ1) is 18.5. The molecule has 1 N–H and O–H groups in total. The number of benzene rings is 2. The largest absolute Gasteiger partial charge is 0.367 e. The minimum absolute atomic E-state index is 0.0399. The summed E-state index contributed by atoms with van der Waals surface area (Å²) in [7, 11) is 0. The van der Waals surface area contributed by atoms with Crippen LogP contribution in [0.4, 0.5) is 0 Å². The fourth-order valence-corrected chi connectivity index (χ4v) is 3.78. The van der Waals surface area contributed by atoms with Crippen LogP contribution in [0.25, 0.3) is 11.3 Å². The van der Waals surface area contributed by atoms with E-state index in [1.807, 2.05) is 48.2 Å². The first-order valence-electron chi connectivity index (χ1n) is 9.90. The summed E-state index contributed by atoms with van der Waals surface area (Å²) in [5.41, 5.74) is 4.47. The Labute approximate surface area is 166 Å². The standard InChI is InChI=1S/C24H26N2O2/c1-18-16-26(17-23(28-18)20-10-6-3-7-11-20)24(27)15-13-21-12-14-22(25-21)19-8-4-2-5-9-19/h2-12,14,18,23,25H,13,15-17H2,1H3/t18-,23+/m1/s1. The highest BCUT2D eigenvalue weighted by atomic mass is 16.5. The molecule has 0 unspecified atom stereocenters. The molecule has 28 heavy (non-hydrogen) atoms. The molecule has 2 heterocycles. The molecular formula is C24H26N2O2. The summed E-state index contributed by atoms with van der Waals surface area (Å²) in [5.74, 6) is 0.187. The Balaban J connectivity index is 1.36. The zero-order chi connectivity index (χ0) is 19.3. The third-order valence-electron chi connectivity index (χ3n) is 5.22. The van der Waals surface area contributed by atoms with E-state index in [4.69, 9.17) is 4.74 Å². The Morgan fingerprint density at radius 2 is 1.71 bits per heavy atom. The van der Waals surface area contributed by atoms with E-state index in [0.717, 1.165) is 22.5 Å². The molecule has 0 radical (unpaired) electrons. The molecule has 4 nitrogen and oxygen atoms in total. The second-order valence-corrected chi connectivity index (χ2v) is 7.41. The Hall–Kier alpha value is -2.85. The summed E-state index contributed by atoms with van der Waals surface area (Å²) in [5, 5.41) is 0. The van der Waals surface area contributed by atoms with Crippen molar-refractivity contribution in [1.29, 1.82) is 0 Å². The minimum Gasteiger partial charge on any atom is -0.367 e. The molecule has 1 amide bonds. The van der Waals surface area contributed by atoms with Crippen LogP contribution in [-0.4, -0.2) is 35.0 Å². The molecule has 3 aromatic rings. The van der Waals surface area contributed by atoms with Crippen molar-refractivity contribution in [2.24, 2.45) is 0 Å². The van der Waals surface area contributed by atoms with Gasteiger partial charge in [-0.2, -0.15) is 0 Å². The Morgan fingerprint density at radius 3 is 2.46 bits per heavy atom. The van der Waals surface area contributed by atoms with E-state index >= 15 is 0 Å². The molecule has 1 aromatic heterocycles. The van der Waals surface area contributed by atoms with Gasteiger partial charge in [0.05, 0.1) is 12.6 Å². The molecule has 0 bridgehead atoms. The maximum absolute atomic E-state index is 12.8. The average Bonchev–Trinajstić information content (AvgIpc) is 3.22. The van der Waals surface area contributed by atoms with E-state index in [-0.39, 0.29) is 18.1 Å². The third-order valence-corrected chi connectivity index (χ3v) is 5.22. The van der Waals surface area contributed by atoms with Crippen molar-refractivity contribution in [1.82, 2.24) is 9.88 Å². The maximum atomic E-state index is 12.8. The van der Waals surface area contributed by atoms with Gasteiger partial charge in [0, 0.05) is 24.4 Å². The number of rotatable bonds is 5. The zero-order valence-electron chi connectivity index (χ0n) is 16.2. The highest BCUT2D eigenvalue weighted by Crippen LogP contribution is 2.26. The van der Waals surface area contributed by atoms with Gasteiger partial charge in [-0.25, -0.2) is 0 Å². The van der Waals surface area contributed by atoms with Gasteiger partial charge >= 0.3 is 0 Å². The van der Waals surface area contributed by atoms with Gasteiger partial charge in [0.25, 0.3) is 0 Å². The Morgan fingerprint density at radius 1 is 1.00 bits per heavy atom. The van der Waals surface area contributed by atoms with Crippen LogP contribution in [0.1, 0.15) is 30.7 Å². The molecule has 144 valence electrons. The minimum atomic E-state index is -0.0518. The number of aromatic nitrogens is 1. The van der Waals surface area contributed by atoms with Gasteiger partial charge in [-0.1, -0.05) is 60.7 Å². The fraction of sp³-hybridized carbons (Fsp3) is 0.292. The van der Waals surface area contributed by atoms with E-state index < -0.39 is 0 Å². The number of morpholine rings is 1. The van der Waals surface area contributed by atoms with Crippen LogP contribution in [0, 0.1) is 0 Å². The molecule has 0 spiro atoms. The van der Waals surface area contributed by atoms with Crippen LogP contribution in [0.2, 0.25) is 0 Å². The van der Waals surface area contributed by atoms with Gasteiger partial charge in [0.1, 0.15) is 6.10 Å². The summed E-state index contributed by atoms with van der Waals surface area (Å²) in [6, 6.07) is 24.5. The molecule has 1 aliphatic rings. The predicted molar refractivity (Wildman–Crippen MR) is 111 cm³/mol. The summed E-state index contributed by atoms with van der Waals surface area (Å²) in [6.45, 7) is 3.31. The van der Waals surface area contributed by atoms with Crippen molar-refractivity contribution in [2.45, 2.75) is 32.0 Å². The van der Waals surface area contributed by atoms with Gasteiger partial charge in [-0.05, 0) is 36.6 Å². The van der Waals surface area contributed by atoms with E-state index in [2.05, 4.69) is 41.4 Å². The zero-order valence-corrected chi connectivity index (χ0v) is 16.2. The van der Waals surface area contributed by atoms with Gasteiger partial charge in [0.2, 0.25) is 5.91 Å². The van der Waals surface area contributed by atoms with Gasteiger partial charge < -0.3 is 14.6 Å². The molecule has 1 aliphatic heterocycles. The van der Waals surface area contributed by atoms with Gasteiger partial charge in [0.15, 0.2) is 0 Å². The maximum Gasteiger partial charge on any atom is 0.223 e. The molecule has 0 saturated carbocycles. The molecule has 1 fully saturated rings. The number of carbonyl (C=O) groups excluding carboxylic acids is 1. The summed E-state index contributed by atoms with van der Waals surface area (Å²) < 4.78 is 6.07. The monoisotopic (exact) mass is 374 g/mol. The van der Waals surface area contributed by atoms with Crippen molar-refractivity contribution in [2.75, 3.05) is 13.1 Å². The van der Waals surface area contributed by atoms with Crippen LogP contribution in [0.3, 0.4) is 0 Å². The van der Waals surface area contributed by atoms with Crippen LogP contribution >= 0.6 is 0 Å². The number of carbonyl (C=O) groups is 1. The quantitative estimate of drug-likeness (QED) is 0.709. The topological polar surface area (TPSA) is 45.3 Å². The summed E-state index contributed by atoms with van der Waals surface area (Å²) >= 11 is 0. The van der Waals surface area contributed by atoms with Crippen LogP contribution in [-0.2, 0) is 16.0 Å². The number of hydrogen-bond acceptors (Lipinski definition) is 2.